The van der Waals surface area contributed by atoms with Crippen molar-refractivity contribution in [3.8, 4) is 0 Å². The van der Waals surface area contributed by atoms with Gasteiger partial charge in [-0.3, -0.25) is 0 Å². The molecular formula is C12H19NS. The maximum absolute atomic E-state index is 5.71. The van der Waals surface area contributed by atoms with Crippen molar-refractivity contribution < 1.29 is 0 Å². The number of benzene rings is 1. The quantitative estimate of drug-likeness (QED) is 0.825. The fourth-order valence-electron chi connectivity index (χ4n) is 1.42. The van der Waals surface area contributed by atoms with E-state index >= 15 is 0 Å². The number of hydrogen-bond acceptors (Lipinski definition) is 2. The Bertz CT molecular complexity index is 274. The number of aryl methyl sites for hydroxylation is 2. The summed E-state index contributed by atoms with van der Waals surface area (Å²) in [6, 6.07) is 6.76. The predicted octanol–water partition coefficient (Wildman–Crippen LogP) is 2.88. The molecule has 0 radical (unpaired) electrons. The molecule has 1 aromatic rings. The van der Waals surface area contributed by atoms with Crippen LogP contribution in [0.5, 0.6) is 0 Å². The molecule has 1 aromatic carbocycles. The van der Waals surface area contributed by atoms with E-state index < -0.39 is 0 Å². The van der Waals surface area contributed by atoms with Crippen LogP contribution >= 0.6 is 11.8 Å². The molecule has 0 heterocycles. The Balaban J connectivity index is 2.58. The van der Waals surface area contributed by atoms with Crippen molar-refractivity contribution in [2.45, 2.75) is 32.6 Å². The molecule has 0 bridgehead atoms. The zero-order valence-electron chi connectivity index (χ0n) is 9.21. The molecule has 1 rings (SSSR count). The van der Waals surface area contributed by atoms with Gasteiger partial charge in [0.05, 0.1) is 0 Å². The van der Waals surface area contributed by atoms with Gasteiger partial charge in [0.25, 0.3) is 0 Å². The first-order valence-electron chi connectivity index (χ1n) is 4.99. The Labute approximate surface area is 91.1 Å². The lowest BCUT2D eigenvalue weighted by atomic mass is 10.1. The monoisotopic (exact) mass is 209 g/mol. The molecule has 0 fully saturated rings. The van der Waals surface area contributed by atoms with E-state index in [1.54, 1.807) is 0 Å². The molecule has 0 spiro atoms. The number of rotatable bonds is 4. The van der Waals surface area contributed by atoms with Crippen molar-refractivity contribution in [3.63, 3.8) is 0 Å². The standard InChI is InChI=1S/C12H19NS/c1-9-5-4-6-10(2)12(9)8-14-7-11(3)13/h4-6,11H,7-8,13H2,1-3H3. The third kappa shape index (κ3) is 3.35. The summed E-state index contributed by atoms with van der Waals surface area (Å²) < 4.78 is 0. The summed E-state index contributed by atoms with van der Waals surface area (Å²) in [5, 5.41) is 0. The highest BCUT2D eigenvalue weighted by atomic mass is 32.2. The second-order valence-corrected chi connectivity index (χ2v) is 4.89. The molecule has 0 aliphatic rings. The van der Waals surface area contributed by atoms with Gasteiger partial charge in [-0.05, 0) is 37.5 Å². The van der Waals surface area contributed by atoms with Crippen LogP contribution in [0.25, 0.3) is 0 Å². The fourth-order valence-corrected chi connectivity index (χ4v) is 2.57. The maximum Gasteiger partial charge on any atom is 0.0190 e. The van der Waals surface area contributed by atoms with Gasteiger partial charge in [-0.1, -0.05) is 18.2 Å². The number of nitrogens with two attached hydrogens (primary N) is 1. The van der Waals surface area contributed by atoms with E-state index in [2.05, 4.69) is 39.0 Å². The Morgan fingerprint density at radius 2 is 1.86 bits per heavy atom. The lowest BCUT2D eigenvalue weighted by Crippen LogP contribution is -2.17. The first-order chi connectivity index (χ1) is 6.61. The lowest BCUT2D eigenvalue weighted by Gasteiger charge is -2.10. The van der Waals surface area contributed by atoms with Gasteiger partial charge in [-0.2, -0.15) is 11.8 Å². The van der Waals surface area contributed by atoms with E-state index in [0.29, 0.717) is 6.04 Å². The summed E-state index contributed by atoms with van der Waals surface area (Å²) in [5.41, 5.74) is 9.96. The molecule has 0 amide bonds. The van der Waals surface area contributed by atoms with Gasteiger partial charge in [-0.25, -0.2) is 0 Å². The summed E-state index contributed by atoms with van der Waals surface area (Å²) in [4.78, 5) is 0. The summed E-state index contributed by atoms with van der Waals surface area (Å²) in [7, 11) is 0. The van der Waals surface area contributed by atoms with Gasteiger partial charge in [0, 0.05) is 17.5 Å². The Morgan fingerprint density at radius 1 is 1.29 bits per heavy atom. The molecule has 2 heteroatoms. The highest BCUT2D eigenvalue weighted by molar-refractivity contribution is 7.98. The number of hydrogen-bond donors (Lipinski definition) is 1. The Morgan fingerprint density at radius 3 is 2.36 bits per heavy atom. The largest absolute Gasteiger partial charge is 0.327 e. The minimum absolute atomic E-state index is 0.296. The molecule has 78 valence electrons. The van der Waals surface area contributed by atoms with Gasteiger partial charge >= 0.3 is 0 Å². The first-order valence-corrected chi connectivity index (χ1v) is 6.15. The van der Waals surface area contributed by atoms with Crippen LogP contribution in [0.4, 0.5) is 0 Å². The molecule has 0 aliphatic heterocycles. The van der Waals surface area contributed by atoms with Crippen LogP contribution in [-0.4, -0.2) is 11.8 Å². The van der Waals surface area contributed by atoms with Gasteiger partial charge in [0.15, 0.2) is 0 Å². The molecule has 1 atom stereocenters. The number of thioether (sulfide) groups is 1. The summed E-state index contributed by atoms with van der Waals surface area (Å²) >= 11 is 1.92. The van der Waals surface area contributed by atoms with Crippen molar-refractivity contribution in [1.82, 2.24) is 0 Å². The van der Waals surface area contributed by atoms with Gasteiger partial charge in [0.1, 0.15) is 0 Å². The van der Waals surface area contributed by atoms with Gasteiger partial charge in [-0.15, -0.1) is 0 Å². The molecule has 0 aliphatic carbocycles. The maximum atomic E-state index is 5.71. The van der Waals surface area contributed by atoms with Gasteiger partial charge in [0.2, 0.25) is 0 Å². The van der Waals surface area contributed by atoms with Crippen LogP contribution < -0.4 is 5.73 Å². The lowest BCUT2D eigenvalue weighted by molar-refractivity contribution is 0.847. The summed E-state index contributed by atoms with van der Waals surface area (Å²) in [6.45, 7) is 6.40. The fraction of sp³-hybridized carbons (Fsp3) is 0.500. The molecule has 14 heavy (non-hydrogen) atoms. The predicted molar refractivity (Wildman–Crippen MR) is 65.7 cm³/mol. The van der Waals surface area contributed by atoms with E-state index in [0.717, 1.165) is 11.5 Å². The van der Waals surface area contributed by atoms with Crippen molar-refractivity contribution in [1.29, 1.82) is 0 Å². The minimum Gasteiger partial charge on any atom is -0.327 e. The zero-order valence-corrected chi connectivity index (χ0v) is 10.0. The van der Waals surface area contributed by atoms with Crippen LogP contribution in [0.2, 0.25) is 0 Å². The third-order valence-electron chi connectivity index (χ3n) is 2.27. The third-order valence-corrected chi connectivity index (χ3v) is 3.53. The van der Waals surface area contributed by atoms with Crippen LogP contribution in [0.1, 0.15) is 23.6 Å². The van der Waals surface area contributed by atoms with E-state index in [1.165, 1.54) is 16.7 Å². The van der Waals surface area contributed by atoms with Crippen molar-refractivity contribution in [2.75, 3.05) is 5.75 Å². The SMILES string of the molecule is Cc1cccc(C)c1CSCC(C)N. The van der Waals surface area contributed by atoms with Crippen LogP contribution in [0.3, 0.4) is 0 Å². The van der Waals surface area contributed by atoms with Crippen LogP contribution in [-0.2, 0) is 5.75 Å². The second-order valence-electron chi connectivity index (χ2n) is 3.86. The van der Waals surface area contributed by atoms with E-state index in [9.17, 15) is 0 Å². The molecule has 0 saturated heterocycles. The Hall–Kier alpha value is -0.470. The van der Waals surface area contributed by atoms with Crippen molar-refractivity contribution >= 4 is 11.8 Å². The normalized spacial score (nSPS) is 12.9. The highest BCUT2D eigenvalue weighted by Gasteiger charge is 2.02. The molecule has 1 unspecified atom stereocenters. The molecule has 0 aromatic heterocycles. The van der Waals surface area contributed by atoms with E-state index in [-0.39, 0.29) is 0 Å². The molecule has 2 N–H and O–H groups in total. The molecule has 1 nitrogen and oxygen atoms in total. The topological polar surface area (TPSA) is 26.0 Å². The van der Waals surface area contributed by atoms with Crippen LogP contribution in [0.15, 0.2) is 18.2 Å². The van der Waals surface area contributed by atoms with Gasteiger partial charge < -0.3 is 5.73 Å². The average molecular weight is 209 g/mol. The molecule has 0 saturated carbocycles. The Kier molecular flexibility index (Phi) is 4.49. The zero-order chi connectivity index (χ0) is 10.6. The van der Waals surface area contributed by atoms with E-state index in [1.807, 2.05) is 11.8 Å². The summed E-state index contributed by atoms with van der Waals surface area (Å²) in [5.74, 6) is 2.12. The van der Waals surface area contributed by atoms with E-state index in [4.69, 9.17) is 5.73 Å². The smallest absolute Gasteiger partial charge is 0.0190 e. The van der Waals surface area contributed by atoms with Crippen molar-refractivity contribution in [2.24, 2.45) is 5.73 Å². The average Bonchev–Trinajstić information content (AvgIpc) is 2.09. The first kappa shape index (κ1) is 11.6. The van der Waals surface area contributed by atoms with Crippen LogP contribution in [0, 0.1) is 13.8 Å². The summed E-state index contributed by atoms with van der Waals surface area (Å²) in [6.07, 6.45) is 0. The second kappa shape index (κ2) is 5.42. The minimum atomic E-state index is 0.296. The van der Waals surface area contributed by atoms with Crippen molar-refractivity contribution in [3.05, 3.63) is 34.9 Å². The molecular weight excluding hydrogens is 190 g/mol. The highest BCUT2D eigenvalue weighted by Crippen LogP contribution is 2.19.